The number of alkyl carbamates (subject to hydrolysis) is 1. The van der Waals surface area contributed by atoms with Crippen LogP contribution in [0.1, 0.15) is 12.8 Å². The van der Waals surface area contributed by atoms with Crippen molar-refractivity contribution in [2.75, 3.05) is 20.8 Å². The van der Waals surface area contributed by atoms with E-state index in [9.17, 15) is 14.4 Å². The second-order valence-corrected chi connectivity index (χ2v) is 2.46. The van der Waals surface area contributed by atoms with Crippen molar-refractivity contribution in [1.82, 2.24) is 5.32 Å². The van der Waals surface area contributed by atoms with E-state index < -0.39 is 12.1 Å². The van der Waals surface area contributed by atoms with Gasteiger partial charge < -0.3 is 14.8 Å². The first-order valence-electron chi connectivity index (χ1n) is 4.00. The van der Waals surface area contributed by atoms with Crippen molar-refractivity contribution in [2.24, 2.45) is 0 Å². The molecule has 0 bridgehead atoms. The van der Waals surface area contributed by atoms with Crippen LogP contribution in [0.15, 0.2) is 0 Å². The van der Waals surface area contributed by atoms with E-state index in [0.717, 1.165) is 0 Å². The van der Waals surface area contributed by atoms with E-state index in [1.54, 1.807) is 0 Å². The van der Waals surface area contributed by atoms with Crippen LogP contribution in [-0.2, 0) is 19.1 Å². The summed E-state index contributed by atoms with van der Waals surface area (Å²) < 4.78 is 8.60. The summed E-state index contributed by atoms with van der Waals surface area (Å²) in [5, 5.41) is 2.21. The molecule has 14 heavy (non-hydrogen) atoms. The van der Waals surface area contributed by atoms with Crippen LogP contribution in [0.3, 0.4) is 0 Å². The zero-order chi connectivity index (χ0) is 11.0. The third-order valence-electron chi connectivity index (χ3n) is 1.45. The van der Waals surface area contributed by atoms with Gasteiger partial charge in [0.2, 0.25) is 0 Å². The van der Waals surface area contributed by atoms with Gasteiger partial charge in [-0.3, -0.25) is 9.59 Å². The molecule has 0 saturated carbocycles. The molecule has 6 nitrogen and oxygen atoms in total. The number of methoxy groups -OCH3 is 2. The van der Waals surface area contributed by atoms with Crippen molar-refractivity contribution in [3.05, 3.63) is 0 Å². The standard InChI is InChI=1S/C8H13NO5/c1-13-7(11)4-3-6(10)5-9-8(12)14-2/h3-5H2,1-2H3,(H,9,12). The summed E-state index contributed by atoms with van der Waals surface area (Å²) in [5.41, 5.74) is 0. The molecule has 1 amide bonds. The molecule has 0 rings (SSSR count). The summed E-state index contributed by atoms with van der Waals surface area (Å²) >= 11 is 0. The van der Waals surface area contributed by atoms with Gasteiger partial charge in [-0.1, -0.05) is 0 Å². The van der Waals surface area contributed by atoms with Gasteiger partial charge in [-0.15, -0.1) is 0 Å². The summed E-state index contributed by atoms with van der Waals surface area (Å²) in [5.74, 6) is -0.697. The van der Waals surface area contributed by atoms with Crippen LogP contribution in [0, 0.1) is 0 Å². The lowest BCUT2D eigenvalue weighted by Crippen LogP contribution is -2.29. The summed E-state index contributed by atoms with van der Waals surface area (Å²) in [6.45, 7) is -0.135. The van der Waals surface area contributed by atoms with E-state index >= 15 is 0 Å². The van der Waals surface area contributed by atoms with Gasteiger partial charge in [0, 0.05) is 6.42 Å². The van der Waals surface area contributed by atoms with Gasteiger partial charge in [0.1, 0.15) is 0 Å². The SMILES string of the molecule is COC(=O)CCC(=O)CNC(=O)OC. The molecule has 6 heteroatoms. The lowest BCUT2D eigenvalue weighted by atomic mass is 10.2. The minimum Gasteiger partial charge on any atom is -0.469 e. The van der Waals surface area contributed by atoms with Crippen LogP contribution < -0.4 is 5.32 Å². The number of Topliss-reactive ketones (excluding diaryl/α,β-unsaturated/α-hetero) is 1. The molecule has 0 aliphatic carbocycles. The van der Waals surface area contributed by atoms with Gasteiger partial charge in [0.25, 0.3) is 0 Å². The predicted octanol–water partition coefficient (Wildman–Crippen LogP) is -0.135. The molecule has 0 spiro atoms. The van der Waals surface area contributed by atoms with Gasteiger partial charge in [-0.05, 0) is 0 Å². The molecule has 0 aromatic heterocycles. The summed E-state index contributed by atoms with van der Waals surface area (Å²) in [7, 11) is 2.45. The molecule has 0 aliphatic rings. The lowest BCUT2D eigenvalue weighted by Gasteiger charge is -2.02. The molecule has 0 unspecified atom stereocenters. The molecular formula is C8H13NO5. The zero-order valence-electron chi connectivity index (χ0n) is 8.16. The van der Waals surface area contributed by atoms with Gasteiger partial charge >= 0.3 is 12.1 Å². The second-order valence-electron chi connectivity index (χ2n) is 2.46. The van der Waals surface area contributed by atoms with E-state index in [4.69, 9.17) is 0 Å². The molecule has 0 radical (unpaired) electrons. The van der Waals surface area contributed by atoms with Crippen molar-refractivity contribution in [1.29, 1.82) is 0 Å². The molecule has 0 heterocycles. The Hall–Kier alpha value is -1.59. The van der Waals surface area contributed by atoms with Crippen LogP contribution in [0.25, 0.3) is 0 Å². The molecule has 0 aromatic carbocycles. The fourth-order valence-corrected chi connectivity index (χ4v) is 0.675. The van der Waals surface area contributed by atoms with Gasteiger partial charge in [0.05, 0.1) is 27.2 Å². The third-order valence-corrected chi connectivity index (χ3v) is 1.45. The minimum absolute atomic E-state index is 0.0260. The summed E-state index contributed by atoms with van der Waals surface area (Å²) in [6.07, 6.45) is -0.592. The third kappa shape index (κ3) is 5.99. The Morgan fingerprint density at radius 1 is 1.07 bits per heavy atom. The Balaban J connectivity index is 3.56. The van der Waals surface area contributed by atoms with E-state index in [2.05, 4.69) is 14.8 Å². The molecule has 0 aliphatic heterocycles. The van der Waals surface area contributed by atoms with Crippen LogP contribution in [0.5, 0.6) is 0 Å². The van der Waals surface area contributed by atoms with Crippen molar-refractivity contribution in [3.8, 4) is 0 Å². The topological polar surface area (TPSA) is 81.7 Å². The van der Waals surface area contributed by atoms with Crippen molar-refractivity contribution in [2.45, 2.75) is 12.8 Å². The van der Waals surface area contributed by atoms with E-state index in [1.807, 2.05) is 0 Å². The highest BCUT2D eigenvalue weighted by molar-refractivity contribution is 5.86. The number of carbonyl (C=O) groups excluding carboxylic acids is 3. The van der Waals surface area contributed by atoms with Gasteiger partial charge in [0.15, 0.2) is 5.78 Å². The van der Waals surface area contributed by atoms with Crippen LogP contribution in [0.4, 0.5) is 4.79 Å². The molecule has 0 aromatic rings. The van der Waals surface area contributed by atoms with E-state index in [-0.39, 0.29) is 25.2 Å². The first-order chi connectivity index (χ1) is 6.60. The van der Waals surface area contributed by atoms with Gasteiger partial charge in [-0.2, -0.15) is 0 Å². The highest BCUT2D eigenvalue weighted by Crippen LogP contribution is 1.92. The maximum Gasteiger partial charge on any atom is 0.407 e. The monoisotopic (exact) mass is 203 g/mol. The zero-order valence-corrected chi connectivity index (χ0v) is 8.16. The second kappa shape index (κ2) is 6.88. The van der Waals surface area contributed by atoms with Crippen molar-refractivity contribution >= 4 is 17.8 Å². The summed E-state index contributed by atoms with van der Waals surface area (Å²) in [6, 6.07) is 0. The number of carbonyl (C=O) groups is 3. The number of ether oxygens (including phenoxy) is 2. The fraction of sp³-hybridized carbons (Fsp3) is 0.625. The highest BCUT2D eigenvalue weighted by Gasteiger charge is 2.08. The van der Waals surface area contributed by atoms with Gasteiger partial charge in [-0.25, -0.2) is 4.79 Å². The fourth-order valence-electron chi connectivity index (χ4n) is 0.675. The quantitative estimate of drug-likeness (QED) is 0.629. The number of ketones is 1. The molecule has 1 N–H and O–H groups in total. The Kier molecular flexibility index (Phi) is 6.09. The van der Waals surface area contributed by atoms with Crippen molar-refractivity contribution in [3.63, 3.8) is 0 Å². The first-order valence-corrected chi connectivity index (χ1v) is 4.00. The number of rotatable bonds is 5. The Morgan fingerprint density at radius 3 is 2.21 bits per heavy atom. The number of hydrogen-bond donors (Lipinski definition) is 1. The first kappa shape index (κ1) is 12.4. The number of hydrogen-bond acceptors (Lipinski definition) is 5. The highest BCUT2D eigenvalue weighted by atomic mass is 16.5. The van der Waals surface area contributed by atoms with Crippen LogP contribution in [-0.4, -0.2) is 38.6 Å². The molecule has 80 valence electrons. The lowest BCUT2D eigenvalue weighted by molar-refractivity contribution is -0.141. The maximum atomic E-state index is 11.0. The van der Waals surface area contributed by atoms with Crippen LogP contribution in [0.2, 0.25) is 0 Å². The Bertz CT molecular complexity index is 204. The number of esters is 1. The van der Waals surface area contributed by atoms with Crippen molar-refractivity contribution < 1.29 is 23.9 Å². The summed E-state index contributed by atoms with van der Waals surface area (Å²) in [4.78, 5) is 32.2. The minimum atomic E-state index is -0.670. The molecule has 0 saturated heterocycles. The average molecular weight is 203 g/mol. The molecule has 0 atom stereocenters. The maximum absolute atomic E-state index is 11.0. The van der Waals surface area contributed by atoms with E-state index in [0.29, 0.717) is 0 Å². The smallest absolute Gasteiger partial charge is 0.407 e. The largest absolute Gasteiger partial charge is 0.469 e. The number of nitrogens with one attached hydrogen (secondary N) is 1. The number of amides is 1. The predicted molar refractivity (Wildman–Crippen MR) is 46.7 cm³/mol. The molecular weight excluding hydrogens is 190 g/mol. The van der Waals surface area contributed by atoms with Crippen LogP contribution >= 0.6 is 0 Å². The average Bonchev–Trinajstić information content (AvgIpc) is 2.22. The Labute approximate surface area is 81.6 Å². The molecule has 0 fully saturated rings. The Morgan fingerprint density at radius 2 is 1.71 bits per heavy atom. The normalized spacial score (nSPS) is 9.00. The van der Waals surface area contributed by atoms with E-state index in [1.165, 1.54) is 14.2 Å².